The third-order valence-corrected chi connectivity index (χ3v) is 3.78. The van der Waals surface area contributed by atoms with Crippen LogP contribution < -0.4 is 5.32 Å². The molecule has 1 aromatic carbocycles. The zero-order valence-electron chi connectivity index (χ0n) is 14.1. The molecule has 0 aliphatic heterocycles. The van der Waals surface area contributed by atoms with Crippen LogP contribution in [0, 0.1) is 5.41 Å². The number of benzene rings is 1. The lowest BCUT2D eigenvalue weighted by molar-refractivity contribution is -0.123. The van der Waals surface area contributed by atoms with Crippen LogP contribution in [0.4, 0.5) is 5.69 Å². The molecule has 0 radical (unpaired) electrons. The van der Waals surface area contributed by atoms with Gasteiger partial charge in [-0.25, -0.2) is 0 Å². The van der Waals surface area contributed by atoms with Crippen LogP contribution in [-0.2, 0) is 4.79 Å². The van der Waals surface area contributed by atoms with Gasteiger partial charge in [-0.05, 0) is 44.9 Å². The SMILES string of the molecule is CC(C)N(C(=O)c1cccc(NC(=O)C(C)(C)C)c1)C1CC1. The Balaban J connectivity index is 2.17. The van der Waals surface area contributed by atoms with Gasteiger partial charge in [0.15, 0.2) is 0 Å². The van der Waals surface area contributed by atoms with Gasteiger partial charge >= 0.3 is 0 Å². The minimum atomic E-state index is -0.460. The summed E-state index contributed by atoms with van der Waals surface area (Å²) in [4.78, 5) is 26.7. The van der Waals surface area contributed by atoms with Crippen molar-refractivity contribution in [3.63, 3.8) is 0 Å². The Labute approximate surface area is 132 Å². The second-order valence-electron chi connectivity index (χ2n) is 7.32. The predicted octanol–water partition coefficient (Wildman–Crippen LogP) is 3.68. The topological polar surface area (TPSA) is 49.4 Å². The van der Waals surface area contributed by atoms with Gasteiger partial charge in [0, 0.05) is 28.7 Å². The molecular formula is C18H26N2O2. The molecule has 0 spiro atoms. The highest BCUT2D eigenvalue weighted by Crippen LogP contribution is 2.30. The lowest BCUT2D eigenvalue weighted by atomic mass is 9.95. The van der Waals surface area contributed by atoms with Crippen molar-refractivity contribution in [3.05, 3.63) is 29.8 Å². The molecule has 1 aromatic rings. The van der Waals surface area contributed by atoms with Crippen molar-refractivity contribution in [1.29, 1.82) is 0 Å². The first-order valence-electron chi connectivity index (χ1n) is 7.94. The molecule has 1 aliphatic carbocycles. The summed E-state index contributed by atoms with van der Waals surface area (Å²) in [5.41, 5.74) is 0.843. The summed E-state index contributed by atoms with van der Waals surface area (Å²) in [7, 11) is 0. The van der Waals surface area contributed by atoms with Crippen LogP contribution in [0.1, 0.15) is 57.8 Å². The number of hydrogen-bond donors (Lipinski definition) is 1. The van der Waals surface area contributed by atoms with Crippen LogP contribution in [0.25, 0.3) is 0 Å². The van der Waals surface area contributed by atoms with Gasteiger partial charge in [0.25, 0.3) is 5.91 Å². The minimum Gasteiger partial charge on any atom is -0.333 e. The molecule has 1 N–H and O–H groups in total. The maximum absolute atomic E-state index is 12.7. The van der Waals surface area contributed by atoms with E-state index in [1.54, 1.807) is 6.07 Å². The largest absolute Gasteiger partial charge is 0.333 e. The molecule has 4 nitrogen and oxygen atoms in total. The summed E-state index contributed by atoms with van der Waals surface area (Å²) in [5, 5.41) is 2.88. The third-order valence-electron chi connectivity index (χ3n) is 3.78. The molecule has 0 unspecified atom stereocenters. The van der Waals surface area contributed by atoms with Crippen molar-refractivity contribution in [1.82, 2.24) is 4.90 Å². The summed E-state index contributed by atoms with van der Waals surface area (Å²) >= 11 is 0. The average Bonchev–Trinajstić information content (AvgIpc) is 3.22. The fourth-order valence-corrected chi connectivity index (χ4v) is 2.37. The number of carbonyl (C=O) groups is 2. The van der Waals surface area contributed by atoms with Crippen LogP contribution in [0.2, 0.25) is 0 Å². The normalized spacial score (nSPS) is 14.8. The monoisotopic (exact) mass is 302 g/mol. The number of anilines is 1. The maximum atomic E-state index is 12.7. The smallest absolute Gasteiger partial charge is 0.254 e. The van der Waals surface area contributed by atoms with E-state index in [4.69, 9.17) is 0 Å². The van der Waals surface area contributed by atoms with Crippen molar-refractivity contribution in [3.8, 4) is 0 Å². The van der Waals surface area contributed by atoms with E-state index in [2.05, 4.69) is 5.32 Å². The Morgan fingerprint density at radius 2 is 1.86 bits per heavy atom. The van der Waals surface area contributed by atoms with E-state index in [1.807, 2.05) is 57.7 Å². The second kappa shape index (κ2) is 6.11. The van der Waals surface area contributed by atoms with Crippen molar-refractivity contribution in [2.24, 2.45) is 5.41 Å². The molecule has 2 rings (SSSR count). The van der Waals surface area contributed by atoms with Gasteiger partial charge in [-0.15, -0.1) is 0 Å². The Bertz CT molecular complexity index is 567. The summed E-state index contributed by atoms with van der Waals surface area (Å²) in [6.07, 6.45) is 2.18. The highest BCUT2D eigenvalue weighted by molar-refractivity contribution is 5.98. The first-order chi connectivity index (χ1) is 10.2. The van der Waals surface area contributed by atoms with Crippen molar-refractivity contribution < 1.29 is 9.59 Å². The van der Waals surface area contributed by atoms with Gasteiger partial charge in [-0.3, -0.25) is 9.59 Å². The van der Waals surface area contributed by atoms with Crippen molar-refractivity contribution in [2.45, 2.75) is 59.5 Å². The number of rotatable bonds is 4. The fourth-order valence-electron chi connectivity index (χ4n) is 2.37. The second-order valence-corrected chi connectivity index (χ2v) is 7.32. The Morgan fingerprint density at radius 1 is 1.23 bits per heavy atom. The van der Waals surface area contributed by atoms with Gasteiger partial charge in [0.2, 0.25) is 5.91 Å². The van der Waals surface area contributed by atoms with Gasteiger partial charge in [-0.1, -0.05) is 26.8 Å². The molecule has 120 valence electrons. The summed E-state index contributed by atoms with van der Waals surface area (Å²) in [5.74, 6) is -0.00985. The molecule has 0 heterocycles. The van der Waals surface area contributed by atoms with Crippen LogP contribution in [0.3, 0.4) is 0 Å². The number of carbonyl (C=O) groups excluding carboxylic acids is 2. The zero-order chi connectivity index (χ0) is 16.5. The molecule has 1 saturated carbocycles. The highest BCUT2D eigenvalue weighted by Gasteiger charge is 2.34. The van der Waals surface area contributed by atoms with Crippen LogP contribution >= 0.6 is 0 Å². The highest BCUT2D eigenvalue weighted by atomic mass is 16.2. The van der Waals surface area contributed by atoms with E-state index in [9.17, 15) is 9.59 Å². The Kier molecular flexibility index (Phi) is 4.59. The minimum absolute atomic E-state index is 0.0457. The fraction of sp³-hybridized carbons (Fsp3) is 0.556. The molecule has 1 fully saturated rings. The van der Waals surface area contributed by atoms with Crippen molar-refractivity contribution >= 4 is 17.5 Å². The van der Waals surface area contributed by atoms with E-state index in [0.717, 1.165) is 12.8 Å². The Hall–Kier alpha value is -1.84. The van der Waals surface area contributed by atoms with Gasteiger partial charge in [0.05, 0.1) is 0 Å². The van der Waals surface area contributed by atoms with Crippen molar-refractivity contribution in [2.75, 3.05) is 5.32 Å². The quantitative estimate of drug-likeness (QED) is 0.922. The summed E-state index contributed by atoms with van der Waals surface area (Å²) in [6.45, 7) is 9.68. The average molecular weight is 302 g/mol. The van der Waals surface area contributed by atoms with E-state index in [-0.39, 0.29) is 17.9 Å². The molecule has 4 heteroatoms. The Morgan fingerprint density at radius 3 is 2.36 bits per heavy atom. The summed E-state index contributed by atoms with van der Waals surface area (Å²) < 4.78 is 0. The predicted molar refractivity (Wildman–Crippen MR) is 88.9 cm³/mol. The van der Waals surface area contributed by atoms with Gasteiger partial charge in [0.1, 0.15) is 0 Å². The van der Waals surface area contributed by atoms with Crippen LogP contribution in [0.15, 0.2) is 24.3 Å². The number of nitrogens with one attached hydrogen (secondary N) is 1. The van der Waals surface area contributed by atoms with E-state index in [0.29, 0.717) is 17.3 Å². The first kappa shape index (κ1) is 16.5. The van der Waals surface area contributed by atoms with Crippen LogP contribution in [0.5, 0.6) is 0 Å². The summed E-state index contributed by atoms with van der Waals surface area (Å²) in [6, 6.07) is 7.78. The molecule has 2 amide bonds. The number of amides is 2. The zero-order valence-corrected chi connectivity index (χ0v) is 14.1. The van der Waals surface area contributed by atoms with E-state index >= 15 is 0 Å². The molecule has 0 aromatic heterocycles. The third kappa shape index (κ3) is 3.87. The number of nitrogens with zero attached hydrogens (tertiary/aromatic N) is 1. The number of hydrogen-bond acceptors (Lipinski definition) is 2. The van der Waals surface area contributed by atoms with Gasteiger partial charge < -0.3 is 10.2 Å². The first-order valence-corrected chi connectivity index (χ1v) is 7.94. The molecule has 1 aliphatic rings. The molecule has 22 heavy (non-hydrogen) atoms. The van der Waals surface area contributed by atoms with E-state index in [1.165, 1.54) is 0 Å². The van der Waals surface area contributed by atoms with Gasteiger partial charge in [-0.2, -0.15) is 0 Å². The van der Waals surface area contributed by atoms with E-state index < -0.39 is 5.41 Å². The lowest BCUT2D eigenvalue weighted by Crippen LogP contribution is -2.38. The maximum Gasteiger partial charge on any atom is 0.254 e. The molecule has 0 atom stereocenters. The molecular weight excluding hydrogens is 276 g/mol. The lowest BCUT2D eigenvalue weighted by Gasteiger charge is -2.27. The van der Waals surface area contributed by atoms with Crippen LogP contribution in [-0.4, -0.2) is 28.8 Å². The standard InChI is InChI=1S/C18H26N2O2/c1-12(2)20(15-9-10-15)16(21)13-7-6-8-14(11-13)19-17(22)18(3,4)5/h6-8,11-12,15H,9-10H2,1-5H3,(H,19,22). The molecule has 0 saturated heterocycles. The molecule has 0 bridgehead atoms.